The van der Waals surface area contributed by atoms with Gasteiger partial charge in [0, 0.05) is 36.3 Å². The quantitative estimate of drug-likeness (QED) is 0.429. The van der Waals surface area contributed by atoms with E-state index in [9.17, 15) is 14.4 Å². The van der Waals surface area contributed by atoms with Crippen LogP contribution in [0, 0.1) is 6.92 Å². The fourth-order valence-corrected chi connectivity index (χ4v) is 3.99. The lowest BCUT2D eigenvalue weighted by molar-refractivity contribution is -0.116. The van der Waals surface area contributed by atoms with Crippen LogP contribution < -0.4 is 16.0 Å². The molecule has 3 aromatic rings. The van der Waals surface area contributed by atoms with Crippen LogP contribution in [0.15, 0.2) is 54.6 Å². The summed E-state index contributed by atoms with van der Waals surface area (Å²) >= 11 is 1.35. The summed E-state index contributed by atoms with van der Waals surface area (Å²) in [5.41, 5.74) is 2.79. The van der Waals surface area contributed by atoms with Crippen molar-refractivity contribution in [1.82, 2.24) is 15.6 Å². The maximum absolute atomic E-state index is 12.5. The molecule has 0 bridgehead atoms. The van der Waals surface area contributed by atoms with Gasteiger partial charge in [0.25, 0.3) is 11.8 Å². The molecular weight excluding hydrogens is 424 g/mol. The molecule has 8 heteroatoms. The molecule has 0 aliphatic rings. The van der Waals surface area contributed by atoms with Crippen molar-refractivity contribution in [2.45, 2.75) is 26.7 Å². The van der Waals surface area contributed by atoms with E-state index in [1.54, 1.807) is 24.3 Å². The Morgan fingerprint density at radius 1 is 0.906 bits per heavy atom. The lowest BCUT2D eigenvalue weighted by Gasteiger charge is -2.08. The number of aryl methyl sites for hydroxylation is 1. The summed E-state index contributed by atoms with van der Waals surface area (Å²) < 4.78 is 0. The molecule has 1 heterocycles. The molecule has 0 unspecified atom stereocenters. The zero-order chi connectivity index (χ0) is 22.9. The summed E-state index contributed by atoms with van der Waals surface area (Å²) in [5, 5.41) is 9.19. The number of benzene rings is 2. The standard InChI is InChI=1S/C24H26N4O3S/c1-3-7-20(29)28-19-12-10-17(11-13-19)22(30)25-14-15-26-23(31)21-16(2)27-24(32-21)18-8-5-4-6-9-18/h4-6,8-13H,3,7,14-15H2,1-2H3,(H,25,30)(H,26,31)(H,28,29). The van der Waals surface area contributed by atoms with Crippen LogP contribution in [0.3, 0.4) is 0 Å². The molecular formula is C24H26N4O3S. The minimum Gasteiger partial charge on any atom is -0.350 e. The molecule has 0 aliphatic carbocycles. The number of anilines is 1. The molecule has 0 spiro atoms. The third-order valence-corrected chi connectivity index (χ3v) is 5.83. The van der Waals surface area contributed by atoms with Crippen molar-refractivity contribution in [3.8, 4) is 10.6 Å². The Hall–Kier alpha value is -3.52. The van der Waals surface area contributed by atoms with E-state index in [-0.39, 0.29) is 17.7 Å². The van der Waals surface area contributed by atoms with Crippen molar-refractivity contribution < 1.29 is 14.4 Å². The Bertz CT molecular complexity index is 1080. The van der Waals surface area contributed by atoms with E-state index >= 15 is 0 Å². The summed E-state index contributed by atoms with van der Waals surface area (Å²) in [7, 11) is 0. The monoisotopic (exact) mass is 450 g/mol. The van der Waals surface area contributed by atoms with Crippen LogP contribution in [0.4, 0.5) is 5.69 Å². The third kappa shape index (κ3) is 6.24. The summed E-state index contributed by atoms with van der Waals surface area (Å²) in [5.74, 6) is -0.498. The molecule has 3 rings (SSSR count). The molecule has 3 N–H and O–H groups in total. The molecule has 0 atom stereocenters. The van der Waals surface area contributed by atoms with Gasteiger partial charge in [-0.05, 0) is 37.6 Å². The molecule has 166 valence electrons. The number of rotatable bonds is 9. The molecule has 32 heavy (non-hydrogen) atoms. The molecule has 0 radical (unpaired) electrons. The summed E-state index contributed by atoms with van der Waals surface area (Å²) in [6.07, 6.45) is 1.24. The molecule has 0 fully saturated rings. The van der Waals surface area contributed by atoms with Gasteiger partial charge in [0.15, 0.2) is 0 Å². The highest BCUT2D eigenvalue weighted by molar-refractivity contribution is 7.17. The molecule has 2 aromatic carbocycles. The van der Waals surface area contributed by atoms with Crippen molar-refractivity contribution >= 4 is 34.7 Å². The van der Waals surface area contributed by atoms with E-state index in [1.807, 2.05) is 44.2 Å². The number of carbonyl (C=O) groups excluding carboxylic acids is 3. The van der Waals surface area contributed by atoms with Crippen molar-refractivity contribution in [2.75, 3.05) is 18.4 Å². The fraction of sp³-hybridized carbons (Fsp3) is 0.250. The largest absolute Gasteiger partial charge is 0.350 e. The maximum Gasteiger partial charge on any atom is 0.263 e. The van der Waals surface area contributed by atoms with Gasteiger partial charge in [-0.3, -0.25) is 14.4 Å². The first kappa shape index (κ1) is 23.1. The average molecular weight is 451 g/mol. The Morgan fingerprint density at radius 2 is 1.56 bits per heavy atom. The van der Waals surface area contributed by atoms with Gasteiger partial charge in [-0.25, -0.2) is 4.98 Å². The molecule has 3 amide bonds. The smallest absolute Gasteiger partial charge is 0.263 e. The highest BCUT2D eigenvalue weighted by Crippen LogP contribution is 2.27. The normalized spacial score (nSPS) is 10.4. The van der Waals surface area contributed by atoms with E-state index in [2.05, 4.69) is 20.9 Å². The van der Waals surface area contributed by atoms with E-state index in [4.69, 9.17) is 0 Å². The molecule has 0 saturated heterocycles. The molecule has 0 saturated carbocycles. The fourth-order valence-electron chi connectivity index (χ4n) is 3.00. The molecule has 7 nitrogen and oxygen atoms in total. The van der Waals surface area contributed by atoms with Crippen LogP contribution in [0.2, 0.25) is 0 Å². The summed E-state index contributed by atoms with van der Waals surface area (Å²) in [6, 6.07) is 16.4. The highest BCUT2D eigenvalue weighted by atomic mass is 32.1. The topological polar surface area (TPSA) is 100 Å². The van der Waals surface area contributed by atoms with Crippen molar-refractivity contribution in [3.05, 3.63) is 70.7 Å². The van der Waals surface area contributed by atoms with Gasteiger partial charge in [0.05, 0.1) is 5.69 Å². The average Bonchev–Trinajstić information content (AvgIpc) is 3.19. The van der Waals surface area contributed by atoms with E-state index in [0.29, 0.717) is 41.3 Å². The third-order valence-electron chi connectivity index (χ3n) is 4.63. The number of hydrogen-bond acceptors (Lipinski definition) is 5. The Morgan fingerprint density at radius 3 is 2.22 bits per heavy atom. The number of carbonyl (C=O) groups is 3. The van der Waals surface area contributed by atoms with Gasteiger partial charge in [-0.2, -0.15) is 0 Å². The van der Waals surface area contributed by atoms with Gasteiger partial charge in [0.1, 0.15) is 9.88 Å². The predicted octanol–water partition coefficient (Wildman–Crippen LogP) is 4.02. The van der Waals surface area contributed by atoms with Crippen LogP contribution in [-0.2, 0) is 4.79 Å². The van der Waals surface area contributed by atoms with E-state index < -0.39 is 0 Å². The van der Waals surface area contributed by atoms with Gasteiger partial charge < -0.3 is 16.0 Å². The number of thiazole rings is 1. The van der Waals surface area contributed by atoms with Crippen LogP contribution >= 0.6 is 11.3 Å². The maximum atomic E-state index is 12.5. The lowest BCUT2D eigenvalue weighted by atomic mass is 10.2. The van der Waals surface area contributed by atoms with Crippen LogP contribution in [0.5, 0.6) is 0 Å². The number of amides is 3. The SMILES string of the molecule is CCCC(=O)Nc1ccc(C(=O)NCCNC(=O)c2sc(-c3ccccc3)nc2C)cc1. The molecule has 0 aliphatic heterocycles. The first-order valence-electron chi connectivity index (χ1n) is 10.5. The van der Waals surface area contributed by atoms with Crippen molar-refractivity contribution in [2.24, 2.45) is 0 Å². The zero-order valence-corrected chi connectivity index (χ0v) is 18.9. The predicted molar refractivity (Wildman–Crippen MR) is 127 cm³/mol. The first-order chi connectivity index (χ1) is 15.5. The molecule has 1 aromatic heterocycles. The zero-order valence-electron chi connectivity index (χ0n) is 18.1. The first-order valence-corrected chi connectivity index (χ1v) is 11.3. The Labute approximate surface area is 191 Å². The number of nitrogens with zero attached hydrogens (tertiary/aromatic N) is 1. The number of hydrogen-bond donors (Lipinski definition) is 3. The summed E-state index contributed by atoms with van der Waals surface area (Å²) in [4.78, 5) is 41.5. The van der Waals surface area contributed by atoms with Crippen molar-refractivity contribution in [3.63, 3.8) is 0 Å². The van der Waals surface area contributed by atoms with E-state index in [1.165, 1.54) is 11.3 Å². The van der Waals surface area contributed by atoms with Gasteiger partial charge in [-0.1, -0.05) is 37.3 Å². The summed E-state index contributed by atoms with van der Waals surface area (Å²) in [6.45, 7) is 4.35. The van der Waals surface area contributed by atoms with Crippen LogP contribution in [0.1, 0.15) is 45.5 Å². The Balaban J connectivity index is 1.46. The minimum atomic E-state index is -0.244. The van der Waals surface area contributed by atoms with Crippen LogP contribution in [-0.4, -0.2) is 35.8 Å². The Kier molecular flexibility index (Phi) is 8.10. The van der Waals surface area contributed by atoms with Gasteiger partial charge in [0.2, 0.25) is 5.91 Å². The van der Waals surface area contributed by atoms with Gasteiger partial charge in [-0.15, -0.1) is 11.3 Å². The minimum absolute atomic E-state index is 0.0486. The number of aromatic nitrogens is 1. The highest BCUT2D eigenvalue weighted by Gasteiger charge is 2.16. The van der Waals surface area contributed by atoms with Gasteiger partial charge >= 0.3 is 0 Å². The second kappa shape index (κ2) is 11.2. The number of nitrogens with one attached hydrogen (secondary N) is 3. The second-order valence-corrected chi connectivity index (χ2v) is 8.19. The van der Waals surface area contributed by atoms with Crippen LogP contribution in [0.25, 0.3) is 10.6 Å². The van der Waals surface area contributed by atoms with Crippen molar-refractivity contribution in [1.29, 1.82) is 0 Å². The lowest BCUT2D eigenvalue weighted by Crippen LogP contribution is -2.34. The van der Waals surface area contributed by atoms with E-state index in [0.717, 1.165) is 17.0 Å². The second-order valence-electron chi connectivity index (χ2n) is 7.19.